The molecule has 5 heteroatoms. The first-order valence-electron chi connectivity index (χ1n) is 27.7. The van der Waals surface area contributed by atoms with E-state index in [2.05, 4.69) is 191 Å². The summed E-state index contributed by atoms with van der Waals surface area (Å²) in [4.78, 5) is 25.5. The van der Waals surface area contributed by atoms with E-state index in [9.17, 15) is 9.59 Å². The number of ether oxygens (including phenoxy) is 3. The van der Waals surface area contributed by atoms with Gasteiger partial charge < -0.3 is 14.2 Å². The molecule has 1 unspecified atom stereocenters. The van der Waals surface area contributed by atoms with Crippen LogP contribution in [0.2, 0.25) is 0 Å². The molecule has 0 rings (SSSR count). The molecule has 390 valence electrons. The van der Waals surface area contributed by atoms with Crippen LogP contribution in [0.15, 0.2) is 170 Å². The number of unbranched alkanes of at least 4 members (excludes halogenated alkanes) is 9. The molecule has 0 aromatic carbocycles. The summed E-state index contributed by atoms with van der Waals surface area (Å²) in [5.41, 5.74) is 0. The van der Waals surface area contributed by atoms with Gasteiger partial charge in [0.25, 0.3) is 0 Å². The van der Waals surface area contributed by atoms with Gasteiger partial charge in [0.05, 0.1) is 6.61 Å². The maximum absolute atomic E-state index is 12.8. The van der Waals surface area contributed by atoms with E-state index in [1.165, 1.54) is 0 Å². The molecule has 0 heterocycles. The molecule has 5 nitrogen and oxygen atoms in total. The average Bonchev–Trinajstić information content (AvgIpc) is 3.36. The van der Waals surface area contributed by atoms with Crippen molar-refractivity contribution in [1.82, 2.24) is 0 Å². The number of allylic oxidation sites excluding steroid dienone is 28. The standard InChI is InChI=1S/C65H100O5/c1-4-7-10-13-16-19-22-25-28-31-32-33-36-39-42-45-48-51-54-57-60-68-61-63(70-65(67)59-56-53-50-47-44-41-38-35-30-27-24-21-18-15-12-9-6-3)62-69-64(66)58-55-52-49-46-43-40-37-34-29-26-23-20-17-14-11-8-5-2/h7-12,16-21,25-30,32-33,37-42,46,49,63H,4-6,13-15,22-24,31,34-36,43-45,47-48,50-62H2,1-3H3/b10-7-,11-8-,12-9-,19-16-,20-17-,21-18-,28-25-,29-26-,30-27-,33-32-,40-37-,41-38-,42-39-,49-46-. The first kappa shape index (κ1) is 65.3. The molecule has 0 saturated heterocycles. The van der Waals surface area contributed by atoms with Crippen molar-refractivity contribution in [3.8, 4) is 0 Å². The summed E-state index contributed by atoms with van der Waals surface area (Å²) >= 11 is 0. The fourth-order valence-electron chi connectivity index (χ4n) is 6.74. The molecule has 0 spiro atoms. The molecule has 0 aromatic heterocycles. The Hall–Kier alpha value is -4.74. The number of hydrogen-bond acceptors (Lipinski definition) is 5. The normalized spacial score (nSPS) is 13.6. The maximum atomic E-state index is 12.8. The van der Waals surface area contributed by atoms with E-state index in [-0.39, 0.29) is 25.2 Å². The monoisotopic (exact) mass is 961 g/mol. The Balaban J connectivity index is 4.52. The van der Waals surface area contributed by atoms with Gasteiger partial charge in [0.1, 0.15) is 6.61 Å². The summed E-state index contributed by atoms with van der Waals surface area (Å²) in [5.74, 6) is -0.522. The van der Waals surface area contributed by atoms with Crippen molar-refractivity contribution in [2.75, 3.05) is 19.8 Å². The van der Waals surface area contributed by atoms with Gasteiger partial charge in [0.15, 0.2) is 6.10 Å². The van der Waals surface area contributed by atoms with Gasteiger partial charge in [0, 0.05) is 19.4 Å². The minimum atomic E-state index is -0.601. The van der Waals surface area contributed by atoms with Crippen LogP contribution in [0.5, 0.6) is 0 Å². The molecule has 0 radical (unpaired) electrons. The SMILES string of the molecule is CC/C=C\C/C=C\C/C=C\C/C=C\C/C=C\CCCCCCOCC(COC(=O)CCC/C=C\C/C=C\C/C=C\C/C=C\C/C=C\CC)OC(=O)CCCCCC/C=C\C/C=C\C/C=C\C/C=C\CC. The predicted octanol–water partition coefficient (Wildman–Crippen LogP) is 19.2. The lowest BCUT2D eigenvalue weighted by atomic mass is 10.1. The number of carbonyl (C=O) groups excluding carboxylic acids is 2. The summed E-state index contributed by atoms with van der Waals surface area (Å²) < 4.78 is 17.4. The highest BCUT2D eigenvalue weighted by Gasteiger charge is 2.17. The second-order valence-corrected chi connectivity index (χ2v) is 17.3. The molecule has 0 N–H and O–H groups in total. The van der Waals surface area contributed by atoms with Crippen LogP contribution in [0.1, 0.15) is 201 Å². The number of rotatable bonds is 48. The fraction of sp³-hybridized carbons (Fsp3) is 0.538. The van der Waals surface area contributed by atoms with Crippen LogP contribution in [-0.4, -0.2) is 37.9 Å². The van der Waals surface area contributed by atoms with Crippen molar-refractivity contribution in [2.45, 2.75) is 207 Å². The smallest absolute Gasteiger partial charge is 0.306 e. The second kappa shape index (κ2) is 58.6. The zero-order valence-electron chi connectivity index (χ0n) is 44.7. The lowest BCUT2D eigenvalue weighted by Gasteiger charge is -2.18. The maximum Gasteiger partial charge on any atom is 0.306 e. The second-order valence-electron chi connectivity index (χ2n) is 17.3. The van der Waals surface area contributed by atoms with Crippen LogP contribution >= 0.6 is 0 Å². The van der Waals surface area contributed by atoms with Gasteiger partial charge >= 0.3 is 11.9 Å². The van der Waals surface area contributed by atoms with E-state index < -0.39 is 6.10 Å². The predicted molar refractivity (Wildman–Crippen MR) is 306 cm³/mol. The Morgan fingerprint density at radius 1 is 0.314 bits per heavy atom. The summed E-state index contributed by atoms with van der Waals surface area (Å²) in [6.07, 6.45) is 88.0. The van der Waals surface area contributed by atoms with Crippen LogP contribution in [0.4, 0.5) is 0 Å². The van der Waals surface area contributed by atoms with E-state index in [4.69, 9.17) is 14.2 Å². The number of esters is 2. The van der Waals surface area contributed by atoms with Crippen LogP contribution in [-0.2, 0) is 23.8 Å². The molecule has 0 bridgehead atoms. The first-order valence-corrected chi connectivity index (χ1v) is 27.7. The summed E-state index contributed by atoms with van der Waals surface area (Å²) in [6.45, 7) is 7.31. The third-order valence-corrected chi connectivity index (χ3v) is 10.7. The van der Waals surface area contributed by atoms with E-state index in [0.717, 1.165) is 161 Å². The number of carbonyl (C=O) groups is 2. The molecule has 0 aromatic rings. The van der Waals surface area contributed by atoms with Gasteiger partial charge in [-0.2, -0.15) is 0 Å². The van der Waals surface area contributed by atoms with Crippen LogP contribution in [0, 0.1) is 0 Å². The lowest BCUT2D eigenvalue weighted by Crippen LogP contribution is -2.30. The highest BCUT2D eigenvalue weighted by Crippen LogP contribution is 2.11. The molecule has 0 aliphatic heterocycles. The minimum absolute atomic E-state index is 0.0222. The van der Waals surface area contributed by atoms with Crippen molar-refractivity contribution in [1.29, 1.82) is 0 Å². The van der Waals surface area contributed by atoms with E-state index >= 15 is 0 Å². The molecule has 1 atom stereocenters. The van der Waals surface area contributed by atoms with E-state index in [1.54, 1.807) is 0 Å². The molecular weight excluding hydrogens is 861 g/mol. The fourth-order valence-corrected chi connectivity index (χ4v) is 6.74. The van der Waals surface area contributed by atoms with Crippen molar-refractivity contribution in [2.24, 2.45) is 0 Å². The van der Waals surface area contributed by atoms with Crippen LogP contribution < -0.4 is 0 Å². The molecule has 0 aliphatic rings. The van der Waals surface area contributed by atoms with Crippen LogP contribution in [0.3, 0.4) is 0 Å². The van der Waals surface area contributed by atoms with Gasteiger partial charge in [-0.05, 0) is 141 Å². The van der Waals surface area contributed by atoms with Gasteiger partial charge in [-0.1, -0.05) is 217 Å². The highest BCUT2D eigenvalue weighted by atomic mass is 16.6. The van der Waals surface area contributed by atoms with Gasteiger partial charge in [-0.25, -0.2) is 0 Å². The quantitative estimate of drug-likeness (QED) is 0.0345. The Kier molecular flexibility index (Phi) is 54.6. The van der Waals surface area contributed by atoms with E-state index in [0.29, 0.717) is 25.9 Å². The lowest BCUT2D eigenvalue weighted by molar-refractivity contribution is -0.163. The molecular formula is C65H100O5. The van der Waals surface area contributed by atoms with Gasteiger partial charge in [-0.3, -0.25) is 9.59 Å². The van der Waals surface area contributed by atoms with Crippen molar-refractivity contribution in [3.63, 3.8) is 0 Å². The summed E-state index contributed by atoms with van der Waals surface area (Å²) in [6, 6.07) is 0. The van der Waals surface area contributed by atoms with Crippen LogP contribution in [0.25, 0.3) is 0 Å². The molecule has 0 saturated carbocycles. The van der Waals surface area contributed by atoms with Gasteiger partial charge in [0.2, 0.25) is 0 Å². The summed E-state index contributed by atoms with van der Waals surface area (Å²) in [5, 5.41) is 0. The third kappa shape index (κ3) is 55.9. The third-order valence-electron chi connectivity index (χ3n) is 10.7. The number of hydrogen-bond donors (Lipinski definition) is 0. The largest absolute Gasteiger partial charge is 0.462 e. The zero-order valence-corrected chi connectivity index (χ0v) is 44.7. The van der Waals surface area contributed by atoms with Crippen molar-refractivity contribution >= 4 is 11.9 Å². The zero-order chi connectivity index (χ0) is 50.6. The molecule has 0 fully saturated rings. The summed E-state index contributed by atoms with van der Waals surface area (Å²) in [7, 11) is 0. The van der Waals surface area contributed by atoms with E-state index in [1.807, 2.05) is 0 Å². The topological polar surface area (TPSA) is 61.8 Å². The Bertz CT molecular complexity index is 1600. The Labute approximate surface area is 430 Å². The molecule has 0 aliphatic carbocycles. The molecule has 0 amide bonds. The molecule has 70 heavy (non-hydrogen) atoms. The average molecular weight is 962 g/mol. The Morgan fingerprint density at radius 2 is 0.614 bits per heavy atom. The highest BCUT2D eigenvalue weighted by molar-refractivity contribution is 5.70. The Morgan fingerprint density at radius 3 is 0.986 bits per heavy atom. The minimum Gasteiger partial charge on any atom is -0.462 e. The first-order chi connectivity index (χ1) is 34.6. The van der Waals surface area contributed by atoms with Gasteiger partial charge in [-0.15, -0.1) is 0 Å². The van der Waals surface area contributed by atoms with Crippen molar-refractivity contribution < 1.29 is 23.8 Å². The van der Waals surface area contributed by atoms with Crippen molar-refractivity contribution in [3.05, 3.63) is 170 Å².